The van der Waals surface area contributed by atoms with E-state index in [0.29, 0.717) is 25.9 Å². The van der Waals surface area contributed by atoms with E-state index in [1.165, 1.54) is 0 Å². The highest BCUT2D eigenvalue weighted by atomic mass is 16.6. The van der Waals surface area contributed by atoms with E-state index in [9.17, 15) is 19.8 Å². The van der Waals surface area contributed by atoms with Crippen molar-refractivity contribution in [3.63, 3.8) is 0 Å². The first-order valence-corrected chi connectivity index (χ1v) is 14.2. The molecule has 0 spiro atoms. The number of likely N-dealkylation sites (tertiary alicyclic amines) is 2. The van der Waals surface area contributed by atoms with E-state index < -0.39 is 23.4 Å². The smallest absolute Gasteiger partial charge is 0.410 e. The number of carbonyl (C=O) groups excluding carboxylic acids is 2. The largest absolute Gasteiger partial charge is 0.444 e. The maximum atomic E-state index is 12.3. The number of piperidine rings is 2. The fourth-order valence-electron chi connectivity index (χ4n) is 5.11. The Morgan fingerprint density at radius 2 is 0.975 bits per heavy atom. The van der Waals surface area contributed by atoms with E-state index in [4.69, 9.17) is 9.47 Å². The summed E-state index contributed by atoms with van der Waals surface area (Å²) in [6, 6.07) is 18.7. The van der Waals surface area contributed by atoms with E-state index in [1.807, 2.05) is 102 Å². The molecule has 8 nitrogen and oxygen atoms in total. The molecule has 2 aromatic rings. The highest BCUT2D eigenvalue weighted by Crippen LogP contribution is 2.33. The predicted molar refractivity (Wildman–Crippen MR) is 155 cm³/mol. The minimum Gasteiger partial charge on any atom is -0.444 e. The predicted octanol–water partition coefficient (Wildman–Crippen LogP) is 6.24. The molecule has 40 heavy (non-hydrogen) atoms. The normalized spacial score (nSPS) is 23.5. The number of nitrogens with zero attached hydrogens (tertiary/aromatic N) is 2. The fourth-order valence-corrected chi connectivity index (χ4v) is 5.11. The highest BCUT2D eigenvalue weighted by Gasteiger charge is 2.37. The van der Waals surface area contributed by atoms with Crippen LogP contribution >= 0.6 is 0 Å². The molecule has 0 aromatic heterocycles. The zero-order valence-corrected chi connectivity index (χ0v) is 24.7. The van der Waals surface area contributed by atoms with Gasteiger partial charge < -0.3 is 19.7 Å². The second kappa shape index (κ2) is 13.5. The van der Waals surface area contributed by atoms with Crippen molar-refractivity contribution in [3.05, 3.63) is 71.8 Å². The summed E-state index contributed by atoms with van der Waals surface area (Å²) in [5, 5.41) is 20.6. The van der Waals surface area contributed by atoms with Crippen molar-refractivity contribution in [2.75, 3.05) is 13.1 Å². The molecule has 0 unspecified atom stereocenters. The van der Waals surface area contributed by atoms with Crippen molar-refractivity contribution >= 4 is 12.2 Å². The van der Waals surface area contributed by atoms with Gasteiger partial charge in [0.1, 0.15) is 11.2 Å². The van der Waals surface area contributed by atoms with Gasteiger partial charge in [0.2, 0.25) is 0 Å². The zero-order chi connectivity index (χ0) is 29.5. The van der Waals surface area contributed by atoms with Crippen LogP contribution in [0, 0.1) is 0 Å². The molecular weight excluding hydrogens is 508 g/mol. The van der Waals surface area contributed by atoms with Crippen molar-refractivity contribution in [3.8, 4) is 0 Å². The Labute approximate surface area is 238 Å². The number of hydrogen-bond donors (Lipinski definition) is 2. The van der Waals surface area contributed by atoms with Gasteiger partial charge in [-0.1, -0.05) is 60.7 Å². The molecule has 220 valence electrons. The number of ether oxygens (including phenoxy) is 2. The third-order valence-electron chi connectivity index (χ3n) is 6.74. The van der Waals surface area contributed by atoms with Crippen molar-refractivity contribution in [1.82, 2.24) is 9.80 Å². The topological polar surface area (TPSA) is 99.5 Å². The van der Waals surface area contributed by atoms with Crippen LogP contribution < -0.4 is 0 Å². The van der Waals surface area contributed by atoms with Crippen LogP contribution in [-0.2, 0) is 9.47 Å². The second-order valence-corrected chi connectivity index (χ2v) is 12.5. The second-order valence-electron chi connectivity index (χ2n) is 12.5. The van der Waals surface area contributed by atoms with Crippen LogP contribution in [0.4, 0.5) is 9.59 Å². The van der Waals surface area contributed by atoms with Crippen LogP contribution in [0.3, 0.4) is 0 Å². The summed E-state index contributed by atoms with van der Waals surface area (Å²) in [6.07, 6.45) is 1.21. The van der Waals surface area contributed by atoms with Gasteiger partial charge in [-0.3, -0.25) is 9.80 Å². The van der Waals surface area contributed by atoms with Crippen LogP contribution in [0.2, 0.25) is 0 Å². The standard InChI is InChI=1S/2C16H23NO3/c2*1-16(2,3)20-15(19)17-11-7-10-13(18)14(17)12-8-5-4-6-9-12/h2*4-6,8-9,13-14,18H,7,10-11H2,1-3H3/t2*13-,14-/m10/s1. The Bertz CT molecular complexity index is 993. The lowest BCUT2D eigenvalue weighted by Crippen LogP contribution is -2.47. The van der Waals surface area contributed by atoms with Crippen LogP contribution in [0.25, 0.3) is 0 Å². The number of amides is 2. The van der Waals surface area contributed by atoms with E-state index in [2.05, 4.69) is 0 Å². The molecular formula is C32H46N2O6. The molecule has 2 N–H and O–H groups in total. The van der Waals surface area contributed by atoms with E-state index in [0.717, 1.165) is 24.0 Å². The molecule has 2 saturated heterocycles. The molecule has 2 aliphatic rings. The van der Waals surface area contributed by atoms with Gasteiger partial charge in [0.25, 0.3) is 0 Å². The molecule has 2 aromatic carbocycles. The van der Waals surface area contributed by atoms with Gasteiger partial charge in [-0.2, -0.15) is 0 Å². The van der Waals surface area contributed by atoms with E-state index >= 15 is 0 Å². The number of aliphatic hydroxyl groups excluding tert-OH is 2. The third kappa shape index (κ3) is 8.96. The van der Waals surface area contributed by atoms with Crippen molar-refractivity contribution in [2.45, 2.75) is 103 Å². The molecule has 2 fully saturated rings. The van der Waals surface area contributed by atoms with Crippen LogP contribution in [0.1, 0.15) is 90.4 Å². The lowest BCUT2D eigenvalue weighted by atomic mass is 9.93. The molecule has 4 rings (SSSR count). The SMILES string of the molecule is CC(C)(C)OC(=O)N1CCC[C@@H](O)[C@H]1c1ccccc1.CC(C)(C)OC(=O)N1CCC[C@H](O)[C@@H]1c1ccccc1. The number of aliphatic hydroxyl groups is 2. The Morgan fingerprint density at radius 3 is 1.27 bits per heavy atom. The molecule has 2 aliphatic heterocycles. The van der Waals surface area contributed by atoms with Gasteiger partial charge in [-0.25, -0.2) is 9.59 Å². The average Bonchev–Trinajstić information content (AvgIpc) is 2.88. The number of rotatable bonds is 2. The zero-order valence-electron chi connectivity index (χ0n) is 24.7. The van der Waals surface area contributed by atoms with E-state index in [-0.39, 0.29) is 24.3 Å². The summed E-state index contributed by atoms with van der Waals surface area (Å²) in [5.74, 6) is 0. The van der Waals surface area contributed by atoms with Gasteiger partial charge in [0.15, 0.2) is 0 Å². The minimum absolute atomic E-state index is 0.320. The first-order chi connectivity index (χ1) is 18.8. The van der Waals surface area contributed by atoms with Gasteiger partial charge >= 0.3 is 12.2 Å². The molecule has 0 bridgehead atoms. The van der Waals surface area contributed by atoms with Gasteiger partial charge in [-0.15, -0.1) is 0 Å². The van der Waals surface area contributed by atoms with Gasteiger partial charge in [0.05, 0.1) is 24.3 Å². The Hall–Kier alpha value is -3.10. The minimum atomic E-state index is -0.543. The lowest BCUT2D eigenvalue weighted by molar-refractivity contribution is -0.0241. The molecule has 8 heteroatoms. The Morgan fingerprint density at radius 1 is 0.650 bits per heavy atom. The summed E-state index contributed by atoms with van der Waals surface area (Å²) in [4.78, 5) is 28.0. The highest BCUT2D eigenvalue weighted by molar-refractivity contribution is 5.69. The summed E-state index contributed by atoms with van der Waals surface area (Å²) in [7, 11) is 0. The summed E-state index contributed by atoms with van der Waals surface area (Å²) < 4.78 is 10.9. The average molecular weight is 555 g/mol. The first kappa shape index (κ1) is 31.4. The van der Waals surface area contributed by atoms with Crippen molar-refractivity contribution in [1.29, 1.82) is 0 Å². The maximum absolute atomic E-state index is 12.3. The Balaban J connectivity index is 0.000000220. The quantitative estimate of drug-likeness (QED) is 0.456. The third-order valence-corrected chi connectivity index (χ3v) is 6.74. The molecule has 0 radical (unpaired) electrons. The van der Waals surface area contributed by atoms with Crippen LogP contribution in [0.5, 0.6) is 0 Å². The first-order valence-electron chi connectivity index (χ1n) is 14.2. The monoisotopic (exact) mass is 554 g/mol. The van der Waals surface area contributed by atoms with Crippen LogP contribution in [0.15, 0.2) is 60.7 Å². The van der Waals surface area contributed by atoms with Gasteiger partial charge in [-0.05, 0) is 78.4 Å². The van der Waals surface area contributed by atoms with Gasteiger partial charge in [0, 0.05) is 13.1 Å². The number of hydrogen-bond acceptors (Lipinski definition) is 6. The fraction of sp³-hybridized carbons (Fsp3) is 0.562. The summed E-state index contributed by atoms with van der Waals surface area (Å²) in [5.41, 5.74) is 0.845. The van der Waals surface area contributed by atoms with Crippen molar-refractivity contribution < 1.29 is 29.3 Å². The molecule has 4 atom stereocenters. The van der Waals surface area contributed by atoms with E-state index in [1.54, 1.807) is 9.80 Å². The molecule has 0 aliphatic carbocycles. The number of carbonyl (C=O) groups is 2. The Kier molecular flexibility index (Phi) is 10.6. The molecule has 2 heterocycles. The van der Waals surface area contributed by atoms with Crippen LogP contribution in [-0.4, -0.2) is 68.7 Å². The van der Waals surface area contributed by atoms with Crippen molar-refractivity contribution in [2.24, 2.45) is 0 Å². The molecule has 0 saturated carbocycles. The molecule has 2 amide bonds. The maximum Gasteiger partial charge on any atom is 0.410 e. The summed E-state index contributed by atoms with van der Waals surface area (Å²) >= 11 is 0. The lowest BCUT2D eigenvalue weighted by Gasteiger charge is -2.39. The number of benzene rings is 2. The summed E-state index contributed by atoms with van der Waals surface area (Å²) in [6.45, 7) is 12.3.